The van der Waals surface area contributed by atoms with Crippen molar-refractivity contribution in [2.75, 3.05) is 24.6 Å². The second kappa shape index (κ2) is 6.20. The molecular formula is C10H21N3O3S. The molecule has 0 bridgehead atoms. The first-order valence-corrected chi connectivity index (χ1v) is 7.74. The maximum absolute atomic E-state index is 11.6. The highest BCUT2D eigenvalue weighted by Crippen LogP contribution is 2.17. The van der Waals surface area contributed by atoms with E-state index < -0.39 is 9.84 Å². The van der Waals surface area contributed by atoms with Crippen molar-refractivity contribution in [1.29, 1.82) is 0 Å². The summed E-state index contributed by atoms with van der Waals surface area (Å²) in [4.78, 5) is 1.97. The fourth-order valence-electron chi connectivity index (χ4n) is 2.16. The fourth-order valence-corrected chi connectivity index (χ4v) is 3.50. The maximum atomic E-state index is 11.6. The third-order valence-corrected chi connectivity index (χ3v) is 4.86. The summed E-state index contributed by atoms with van der Waals surface area (Å²) in [5.41, 5.74) is 5.58. The van der Waals surface area contributed by atoms with Gasteiger partial charge in [0.25, 0.3) is 0 Å². The van der Waals surface area contributed by atoms with Crippen LogP contribution in [0.4, 0.5) is 0 Å². The average Bonchev–Trinajstić information content (AvgIpc) is 2.73. The minimum absolute atomic E-state index is 0.114. The molecule has 3 N–H and O–H groups in total. The molecule has 1 aliphatic rings. The van der Waals surface area contributed by atoms with Gasteiger partial charge in [0, 0.05) is 12.3 Å². The summed E-state index contributed by atoms with van der Waals surface area (Å²) < 4.78 is 23.2. The van der Waals surface area contributed by atoms with Crippen LogP contribution in [-0.4, -0.2) is 55.0 Å². The lowest BCUT2D eigenvalue weighted by atomic mass is 10.2. The van der Waals surface area contributed by atoms with Crippen molar-refractivity contribution in [2.45, 2.75) is 32.2 Å². The first kappa shape index (κ1) is 14.2. The van der Waals surface area contributed by atoms with E-state index in [0.717, 1.165) is 19.4 Å². The number of sulfone groups is 1. The van der Waals surface area contributed by atoms with E-state index in [2.05, 4.69) is 5.16 Å². The van der Waals surface area contributed by atoms with Crippen LogP contribution in [-0.2, 0) is 9.84 Å². The monoisotopic (exact) mass is 263 g/mol. The average molecular weight is 263 g/mol. The van der Waals surface area contributed by atoms with Crippen LogP contribution in [0.5, 0.6) is 0 Å². The number of rotatable bonds is 6. The van der Waals surface area contributed by atoms with Crippen LogP contribution in [0.1, 0.15) is 26.2 Å². The molecule has 1 rings (SSSR count). The SMILES string of the molecule is CCCS(=O)(=O)CCN1CCCC1C(N)=NO. The molecule has 0 aliphatic carbocycles. The number of oxime groups is 1. The minimum Gasteiger partial charge on any atom is -0.409 e. The van der Waals surface area contributed by atoms with Crippen molar-refractivity contribution in [3.8, 4) is 0 Å². The zero-order valence-electron chi connectivity index (χ0n) is 10.2. The van der Waals surface area contributed by atoms with Crippen molar-refractivity contribution >= 4 is 15.7 Å². The Kier molecular flexibility index (Phi) is 5.20. The van der Waals surface area contributed by atoms with Gasteiger partial charge in [-0.05, 0) is 25.8 Å². The first-order valence-electron chi connectivity index (χ1n) is 5.92. The van der Waals surface area contributed by atoms with Gasteiger partial charge in [-0.3, -0.25) is 4.90 Å². The molecule has 0 aromatic carbocycles. The zero-order valence-corrected chi connectivity index (χ0v) is 11.0. The Labute approximate surface area is 102 Å². The van der Waals surface area contributed by atoms with E-state index in [9.17, 15) is 8.42 Å². The van der Waals surface area contributed by atoms with E-state index in [-0.39, 0.29) is 23.4 Å². The topological polar surface area (TPSA) is 96.0 Å². The molecule has 0 saturated carbocycles. The van der Waals surface area contributed by atoms with Gasteiger partial charge in [-0.2, -0.15) is 0 Å². The van der Waals surface area contributed by atoms with Gasteiger partial charge in [0.2, 0.25) is 0 Å². The molecule has 0 radical (unpaired) electrons. The Morgan fingerprint density at radius 1 is 1.53 bits per heavy atom. The molecule has 1 aliphatic heterocycles. The number of hydrogen-bond donors (Lipinski definition) is 2. The van der Waals surface area contributed by atoms with Crippen LogP contribution >= 0.6 is 0 Å². The lowest BCUT2D eigenvalue weighted by Crippen LogP contribution is -2.42. The molecule has 1 atom stereocenters. The van der Waals surface area contributed by atoms with Gasteiger partial charge in [-0.15, -0.1) is 0 Å². The summed E-state index contributed by atoms with van der Waals surface area (Å²) >= 11 is 0. The lowest BCUT2D eigenvalue weighted by molar-refractivity contribution is 0.289. The summed E-state index contributed by atoms with van der Waals surface area (Å²) in [5.74, 6) is 0.556. The predicted molar refractivity (Wildman–Crippen MR) is 66.9 cm³/mol. The highest BCUT2D eigenvalue weighted by Gasteiger charge is 2.28. The van der Waals surface area contributed by atoms with E-state index >= 15 is 0 Å². The smallest absolute Gasteiger partial charge is 0.156 e. The molecule has 1 unspecified atom stereocenters. The van der Waals surface area contributed by atoms with Crippen LogP contribution in [0, 0.1) is 0 Å². The van der Waals surface area contributed by atoms with Crippen molar-refractivity contribution in [2.24, 2.45) is 10.9 Å². The lowest BCUT2D eigenvalue weighted by Gasteiger charge is -2.22. The van der Waals surface area contributed by atoms with Crippen molar-refractivity contribution in [1.82, 2.24) is 4.90 Å². The van der Waals surface area contributed by atoms with Gasteiger partial charge in [0.1, 0.15) is 0 Å². The second-order valence-electron chi connectivity index (χ2n) is 4.37. The van der Waals surface area contributed by atoms with E-state index in [4.69, 9.17) is 10.9 Å². The Hall–Kier alpha value is -0.820. The van der Waals surface area contributed by atoms with Crippen LogP contribution in [0.25, 0.3) is 0 Å². The van der Waals surface area contributed by atoms with Crippen LogP contribution in [0.2, 0.25) is 0 Å². The van der Waals surface area contributed by atoms with E-state index in [1.165, 1.54) is 0 Å². The molecule has 6 nitrogen and oxygen atoms in total. The van der Waals surface area contributed by atoms with Crippen LogP contribution in [0.15, 0.2) is 5.16 Å². The first-order chi connectivity index (χ1) is 8.00. The molecule has 0 aromatic heterocycles. The summed E-state index contributed by atoms with van der Waals surface area (Å²) in [5, 5.41) is 11.6. The molecule has 0 aromatic rings. The quantitative estimate of drug-likeness (QED) is 0.305. The molecule has 1 saturated heterocycles. The highest BCUT2D eigenvalue weighted by atomic mass is 32.2. The van der Waals surface area contributed by atoms with E-state index in [1.807, 2.05) is 11.8 Å². The summed E-state index contributed by atoms with van der Waals surface area (Å²) in [6, 6.07) is -0.114. The number of nitrogens with zero attached hydrogens (tertiary/aromatic N) is 2. The second-order valence-corrected chi connectivity index (χ2v) is 6.67. The Morgan fingerprint density at radius 2 is 2.24 bits per heavy atom. The summed E-state index contributed by atoms with van der Waals surface area (Å²) in [6.45, 7) is 3.12. The largest absolute Gasteiger partial charge is 0.409 e. The van der Waals surface area contributed by atoms with Crippen LogP contribution in [0.3, 0.4) is 0 Å². The standard InChI is InChI=1S/C10H21N3O3S/c1-2-7-17(15,16)8-6-13-5-3-4-9(13)10(11)12-14/h9,14H,2-8H2,1H3,(H2,11,12). The Bertz CT molecular complexity index is 367. The Balaban J connectivity index is 2.52. The highest BCUT2D eigenvalue weighted by molar-refractivity contribution is 7.91. The van der Waals surface area contributed by atoms with E-state index in [0.29, 0.717) is 13.0 Å². The van der Waals surface area contributed by atoms with Gasteiger partial charge in [-0.1, -0.05) is 12.1 Å². The van der Waals surface area contributed by atoms with Gasteiger partial charge in [0.05, 0.1) is 11.8 Å². The predicted octanol–water partition coefficient (Wildman–Crippen LogP) is 0.0220. The number of nitrogens with two attached hydrogens (primary N) is 1. The molecule has 1 heterocycles. The van der Waals surface area contributed by atoms with Crippen molar-refractivity contribution in [3.05, 3.63) is 0 Å². The summed E-state index contributed by atoms with van der Waals surface area (Å²) in [7, 11) is -2.96. The van der Waals surface area contributed by atoms with Gasteiger partial charge in [0.15, 0.2) is 15.7 Å². The zero-order chi connectivity index (χ0) is 12.9. The minimum atomic E-state index is -2.96. The van der Waals surface area contributed by atoms with Gasteiger partial charge >= 0.3 is 0 Å². The maximum Gasteiger partial charge on any atom is 0.156 e. The summed E-state index contributed by atoms with van der Waals surface area (Å²) in [6.07, 6.45) is 2.42. The van der Waals surface area contributed by atoms with Gasteiger partial charge in [-0.25, -0.2) is 8.42 Å². The molecule has 7 heteroatoms. The molecule has 0 amide bonds. The number of amidine groups is 1. The van der Waals surface area contributed by atoms with E-state index in [1.54, 1.807) is 0 Å². The van der Waals surface area contributed by atoms with Gasteiger partial charge < -0.3 is 10.9 Å². The third-order valence-electron chi connectivity index (χ3n) is 3.03. The number of hydrogen-bond acceptors (Lipinski definition) is 5. The van der Waals surface area contributed by atoms with Crippen molar-refractivity contribution < 1.29 is 13.6 Å². The molecular weight excluding hydrogens is 242 g/mol. The Morgan fingerprint density at radius 3 is 2.82 bits per heavy atom. The normalized spacial score (nSPS) is 23.1. The van der Waals surface area contributed by atoms with Crippen LogP contribution < -0.4 is 5.73 Å². The molecule has 100 valence electrons. The molecule has 1 fully saturated rings. The molecule has 0 spiro atoms. The van der Waals surface area contributed by atoms with Crippen molar-refractivity contribution in [3.63, 3.8) is 0 Å². The third kappa shape index (κ3) is 4.16. The molecule has 17 heavy (non-hydrogen) atoms. The fraction of sp³-hybridized carbons (Fsp3) is 0.900. The number of likely N-dealkylation sites (tertiary alicyclic amines) is 1.